The highest BCUT2D eigenvalue weighted by Gasteiger charge is 2.15. The predicted octanol–water partition coefficient (Wildman–Crippen LogP) is 1.96. The zero-order valence-corrected chi connectivity index (χ0v) is 10.7. The average molecular weight is 310 g/mol. The summed E-state index contributed by atoms with van der Waals surface area (Å²) >= 11 is 3.15. The van der Waals surface area contributed by atoms with Gasteiger partial charge in [-0.25, -0.2) is 0 Å². The van der Waals surface area contributed by atoms with E-state index in [0.29, 0.717) is 4.47 Å². The van der Waals surface area contributed by atoms with Crippen molar-refractivity contribution in [2.75, 3.05) is 0 Å². The Morgan fingerprint density at radius 1 is 1.39 bits per heavy atom. The van der Waals surface area contributed by atoms with Gasteiger partial charge in [-0.1, -0.05) is 0 Å². The van der Waals surface area contributed by atoms with Gasteiger partial charge in [0.1, 0.15) is 0 Å². The molecule has 0 unspecified atom stereocenters. The molecule has 0 saturated carbocycles. The summed E-state index contributed by atoms with van der Waals surface area (Å²) < 4.78 is 1.78. The lowest BCUT2D eigenvalue weighted by molar-refractivity contribution is -0.386. The van der Waals surface area contributed by atoms with Gasteiger partial charge in [0.2, 0.25) is 0 Å². The van der Waals surface area contributed by atoms with E-state index >= 15 is 0 Å². The van der Waals surface area contributed by atoms with E-state index in [1.807, 2.05) is 0 Å². The SMILES string of the molecule is O=c1c([N+](=O)[O-])cc(Br)cn1Cc1ccncc1. The molecule has 18 heavy (non-hydrogen) atoms. The maximum Gasteiger partial charge on any atom is 0.335 e. The van der Waals surface area contributed by atoms with Crippen LogP contribution in [0.5, 0.6) is 0 Å². The molecule has 0 atom stereocenters. The van der Waals surface area contributed by atoms with Crippen molar-refractivity contribution in [2.24, 2.45) is 0 Å². The Morgan fingerprint density at radius 3 is 2.67 bits per heavy atom. The molecule has 2 heterocycles. The van der Waals surface area contributed by atoms with E-state index in [9.17, 15) is 14.9 Å². The third-order valence-corrected chi connectivity index (χ3v) is 2.77. The molecule has 0 radical (unpaired) electrons. The molecule has 2 rings (SSSR count). The van der Waals surface area contributed by atoms with E-state index < -0.39 is 16.2 Å². The minimum atomic E-state index is -0.684. The Morgan fingerprint density at radius 2 is 2.06 bits per heavy atom. The normalized spacial score (nSPS) is 10.3. The molecule has 6 nitrogen and oxygen atoms in total. The van der Waals surface area contributed by atoms with Crippen molar-refractivity contribution in [3.8, 4) is 0 Å². The van der Waals surface area contributed by atoms with E-state index in [1.165, 1.54) is 16.8 Å². The highest BCUT2D eigenvalue weighted by Crippen LogP contribution is 2.14. The van der Waals surface area contributed by atoms with Crippen molar-refractivity contribution in [3.63, 3.8) is 0 Å². The summed E-state index contributed by atoms with van der Waals surface area (Å²) in [6, 6.07) is 4.70. The minimum absolute atomic E-state index is 0.266. The maximum atomic E-state index is 11.9. The Labute approximate surface area is 110 Å². The zero-order valence-electron chi connectivity index (χ0n) is 9.12. The van der Waals surface area contributed by atoms with Gasteiger partial charge in [0.05, 0.1) is 11.5 Å². The number of rotatable bonds is 3. The Kier molecular flexibility index (Phi) is 3.52. The minimum Gasteiger partial charge on any atom is -0.304 e. The predicted molar refractivity (Wildman–Crippen MR) is 68.4 cm³/mol. The lowest BCUT2D eigenvalue weighted by atomic mass is 10.2. The monoisotopic (exact) mass is 309 g/mol. The first-order chi connectivity index (χ1) is 8.58. The van der Waals surface area contributed by atoms with Crippen LogP contribution in [-0.2, 0) is 6.54 Å². The zero-order chi connectivity index (χ0) is 13.1. The summed E-state index contributed by atoms with van der Waals surface area (Å²) in [6.45, 7) is 0.266. The molecule has 2 aromatic heterocycles. The van der Waals surface area contributed by atoms with Crippen LogP contribution in [0.3, 0.4) is 0 Å². The van der Waals surface area contributed by atoms with E-state index in [2.05, 4.69) is 20.9 Å². The standard InChI is InChI=1S/C11H8BrN3O3/c12-9-5-10(15(17)18)11(16)14(7-9)6-8-1-3-13-4-2-8/h1-5,7H,6H2. The lowest BCUT2D eigenvalue weighted by Crippen LogP contribution is -2.22. The second kappa shape index (κ2) is 5.09. The molecule has 0 saturated heterocycles. The fraction of sp³-hybridized carbons (Fsp3) is 0.0909. The van der Waals surface area contributed by atoms with Gasteiger partial charge >= 0.3 is 11.2 Å². The summed E-state index contributed by atoms with van der Waals surface area (Å²) in [5.41, 5.74) is -0.224. The fourth-order valence-corrected chi connectivity index (χ4v) is 1.98. The Balaban J connectivity index is 2.46. The van der Waals surface area contributed by atoms with E-state index in [4.69, 9.17) is 0 Å². The topological polar surface area (TPSA) is 78.0 Å². The summed E-state index contributed by atoms with van der Waals surface area (Å²) in [6.07, 6.45) is 4.73. The number of nitro groups is 1. The van der Waals surface area contributed by atoms with Crippen LogP contribution in [0.15, 0.2) is 46.1 Å². The van der Waals surface area contributed by atoms with Crippen LogP contribution in [0.2, 0.25) is 0 Å². The number of hydrogen-bond donors (Lipinski definition) is 0. The van der Waals surface area contributed by atoms with Crippen LogP contribution in [-0.4, -0.2) is 14.5 Å². The van der Waals surface area contributed by atoms with E-state index in [0.717, 1.165) is 5.56 Å². The Bertz CT molecular complexity index is 640. The second-order valence-electron chi connectivity index (χ2n) is 3.59. The van der Waals surface area contributed by atoms with E-state index in [-0.39, 0.29) is 6.54 Å². The second-order valence-corrected chi connectivity index (χ2v) is 4.50. The van der Waals surface area contributed by atoms with Crippen LogP contribution in [0.1, 0.15) is 5.56 Å². The third-order valence-electron chi connectivity index (χ3n) is 2.33. The van der Waals surface area contributed by atoms with Gasteiger partial charge in [-0.2, -0.15) is 0 Å². The third kappa shape index (κ3) is 2.62. The smallest absolute Gasteiger partial charge is 0.304 e. The molecular weight excluding hydrogens is 302 g/mol. The van der Waals surface area contributed by atoms with Gasteiger partial charge in [0.25, 0.3) is 0 Å². The fourth-order valence-electron chi connectivity index (χ4n) is 1.52. The summed E-state index contributed by atoms with van der Waals surface area (Å²) in [5, 5.41) is 10.7. The molecule has 0 N–H and O–H groups in total. The van der Waals surface area contributed by atoms with Crippen LogP contribution >= 0.6 is 15.9 Å². The van der Waals surface area contributed by atoms with Crippen LogP contribution in [0, 0.1) is 10.1 Å². The molecule has 0 aliphatic carbocycles. The number of aromatic nitrogens is 2. The molecule has 0 aromatic carbocycles. The van der Waals surface area contributed by atoms with Gasteiger partial charge < -0.3 is 4.57 Å². The van der Waals surface area contributed by atoms with Crippen molar-refractivity contribution in [2.45, 2.75) is 6.54 Å². The average Bonchev–Trinajstić information content (AvgIpc) is 2.34. The van der Waals surface area contributed by atoms with Gasteiger partial charge in [-0.05, 0) is 33.6 Å². The molecule has 92 valence electrons. The molecule has 0 aliphatic rings. The van der Waals surface area contributed by atoms with Crippen molar-refractivity contribution < 1.29 is 4.92 Å². The molecule has 0 bridgehead atoms. The lowest BCUT2D eigenvalue weighted by Gasteiger charge is -2.06. The quantitative estimate of drug-likeness (QED) is 0.641. The number of halogens is 1. The first kappa shape index (κ1) is 12.4. The first-order valence-corrected chi connectivity index (χ1v) is 5.80. The molecule has 0 aliphatic heterocycles. The molecular formula is C11H8BrN3O3. The molecule has 0 spiro atoms. The van der Waals surface area contributed by atoms with Gasteiger partial charge in [-0.15, -0.1) is 0 Å². The summed E-state index contributed by atoms with van der Waals surface area (Å²) in [7, 11) is 0. The highest BCUT2D eigenvalue weighted by molar-refractivity contribution is 9.10. The van der Waals surface area contributed by atoms with Gasteiger partial charge in [-0.3, -0.25) is 19.9 Å². The van der Waals surface area contributed by atoms with Crippen LogP contribution in [0.4, 0.5) is 5.69 Å². The molecule has 7 heteroatoms. The number of hydrogen-bond acceptors (Lipinski definition) is 4. The van der Waals surface area contributed by atoms with Crippen LogP contribution in [0.25, 0.3) is 0 Å². The molecule has 0 fully saturated rings. The van der Waals surface area contributed by atoms with Gasteiger partial charge in [0.15, 0.2) is 0 Å². The highest BCUT2D eigenvalue weighted by atomic mass is 79.9. The Hall–Kier alpha value is -2.02. The summed E-state index contributed by atoms with van der Waals surface area (Å²) in [4.78, 5) is 25.8. The largest absolute Gasteiger partial charge is 0.335 e. The van der Waals surface area contributed by atoms with Crippen molar-refractivity contribution in [1.82, 2.24) is 9.55 Å². The maximum absolute atomic E-state index is 11.9. The van der Waals surface area contributed by atoms with Crippen molar-refractivity contribution >= 4 is 21.6 Å². The van der Waals surface area contributed by atoms with Crippen molar-refractivity contribution in [3.05, 3.63) is 67.3 Å². The first-order valence-electron chi connectivity index (χ1n) is 5.01. The molecule has 2 aromatic rings. The van der Waals surface area contributed by atoms with Gasteiger partial charge in [0, 0.05) is 29.1 Å². The number of nitrogens with zero attached hydrogens (tertiary/aromatic N) is 3. The number of pyridine rings is 2. The van der Waals surface area contributed by atoms with Crippen molar-refractivity contribution in [1.29, 1.82) is 0 Å². The van der Waals surface area contributed by atoms with Crippen LogP contribution < -0.4 is 5.56 Å². The van der Waals surface area contributed by atoms with E-state index in [1.54, 1.807) is 24.5 Å². The molecule has 0 amide bonds. The summed E-state index contributed by atoms with van der Waals surface area (Å²) in [5.74, 6) is 0.